The fourth-order valence-corrected chi connectivity index (χ4v) is 3.66. The number of nitrogens with zero attached hydrogens (tertiary/aromatic N) is 1. The third-order valence-electron chi connectivity index (χ3n) is 5.37. The van der Waals surface area contributed by atoms with Crippen LogP contribution in [0.3, 0.4) is 0 Å². The normalized spacial score (nSPS) is 18.3. The summed E-state index contributed by atoms with van der Waals surface area (Å²) in [6.45, 7) is 5.59. The van der Waals surface area contributed by atoms with Gasteiger partial charge in [0, 0.05) is 18.7 Å². The second-order valence-electron chi connectivity index (χ2n) is 9.31. The third-order valence-corrected chi connectivity index (χ3v) is 5.37. The summed E-state index contributed by atoms with van der Waals surface area (Å²) in [5.41, 5.74) is -0.666. The third kappa shape index (κ3) is 6.78. The molecule has 0 saturated carbocycles. The molecule has 0 unspecified atom stereocenters. The fourth-order valence-electron chi connectivity index (χ4n) is 3.66. The zero-order chi connectivity index (χ0) is 25.8. The number of benzene rings is 2. The van der Waals surface area contributed by atoms with Crippen LogP contribution < -0.4 is 5.32 Å². The van der Waals surface area contributed by atoms with Gasteiger partial charge in [0.2, 0.25) is 0 Å². The molecule has 3 rings (SSSR count). The fraction of sp³-hybridized carbons (Fsp3) is 0.400. The van der Waals surface area contributed by atoms with Gasteiger partial charge in [0.25, 0.3) is 5.91 Å². The van der Waals surface area contributed by atoms with E-state index in [1.807, 2.05) is 0 Å². The molecule has 1 heterocycles. The van der Waals surface area contributed by atoms with Crippen LogP contribution in [-0.4, -0.2) is 69.0 Å². The zero-order valence-corrected chi connectivity index (χ0v) is 19.9. The average molecular weight is 487 g/mol. The monoisotopic (exact) mass is 486 g/mol. The molecule has 1 aliphatic rings. The van der Waals surface area contributed by atoms with E-state index in [-0.39, 0.29) is 23.4 Å². The minimum absolute atomic E-state index is 0.00449. The second kappa shape index (κ2) is 10.5. The van der Waals surface area contributed by atoms with Crippen LogP contribution in [0.5, 0.6) is 17.2 Å². The number of phenols is 3. The van der Waals surface area contributed by atoms with Crippen LogP contribution in [0.2, 0.25) is 0 Å². The molecule has 4 N–H and O–H groups in total. The maximum absolute atomic E-state index is 12.9. The van der Waals surface area contributed by atoms with E-state index >= 15 is 0 Å². The van der Waals surface area contributed by atoms with Gasteiger partial charge in [-0.3, -0.25) is 4.79 Å². The number of aromatic hydroxyl groups is 3. The van der Waals surface area contributed by atoms with Crippen LogP contribution in [-0.2, 0) is 9.47 Å². The summed E-state index contributed by atoms with van der Waals surface area (Å²) in [6.07, 6.45) is -0.600. The number of likely N-dealkylation sites (tertiary alicyclic amines) is 1. The predicted molar refractivity (Wildman–Crippen MR) is 125 cm³/mol. The standard InChI is InChI=1S/C25H30N2O8/c1-25(2,3)35-24(33)27-13-5-8-20(34-23(32)17-6-4-7-19(29)21(17)30)18(14-27)26-22(31)15-9-11-16(28)12-10-15/h4,6-7,9-12,18,20,28-30H,5,8,13-14H2,1-3H3,(H,26,31)/t18-,20-/m1/s1. The van der Waals surface area contributed by atoms with Crippen molar-refractivity contribution in [3.63, 3.8) is 0 Å². The van der Waals surface area contributed by atoms with Gasteiger partial charge in [-0.25, -0.2) is 9.59 Å². The van der Waals surface area contributed by atoms with E-state index < -0.39 is 47.2 Å². The van der Waals surface area contributed by atoms with Crippen molar-refractivity contribution in [2.75, 3.05) is 13.1 Å². The number of hydrogen-bond acceptors (Lipinski definition) is 8. The molecule has 2 amide bonds. The Labute approximate surface area is 203 Å². The molecule has 10 heteroatoms. The van der Waals surface area contributed by atoms with Crippen molar-refractivity contribution in [1.82, 2.24) is 10.2 Å². The summed E-state index contributed by atoms with van der Waals surface area (Å²) in [6, 6.07) is 8.77. The summed E-state index contributed by atoms with van der Waals surface area (Å²) >= 11 is 0. The Morgan fingerprint density at radius 2 is 1.71 bits per heavy atom. The highest BCUT2D eigenvalue weighted by molar-refractivity contribution is 5.95. The molecule has 2 atom stereocenters. The summed E-state index contributed by atoms with van der Waals surface area (Å²) in [5.74, 6) is -2.43. The van der Waals surface area contributed by atoms with Gasteiger partial charge >= 0.3 is 12.1 Å². The Hall–Kier alpha value is -3.95. The van der Waals surface area contributed by atoms with Gasteiger partial charge in [-0.05, 0) is 70.0 Å². The maximum atomic E-state index is 12.9. The van der Waals surface area contributed by atoms with Crippen LogP contribution in [0.4, 0.5) is 4.79 Å². The highest BCUT2D eigenvalue weighted by atomic mass is 16.6. The molecule has 0 radical (unpaired) electrons. The number of ether oxygens (including phenoxy) is 2. The average Bonchev–Trinajstić information content (AvgIpc) is 2.97. The van der Waals surface area contributed by atoms with E-state index in [4.69, 9.17) is 9.47 Å². The van der Waals surface area contributed by atoms with Crippen molar-refractivity contribution in [3.05, 3.63) is 53.6 Å². The highest BCUT2D eigenvalue weighted by Crippen LogP contribution is 2.30. The number of nitrogens with one attached hydrogen (secondary N) is 1. The van der Waals surface area contributed by atoms with E-state index in [9.17, 15) is 29.7 Å². The van der Waals surface area contributed by atoms with E-state index in [0.717, 1.165) is 0 Å². The van der Waals surface area contributed by atoms with Crippen LogP contribution in [0.25, 0.3) is 0 Å². The summed E-state index contributed by atoms with van der Waals surface area (Å²) < 4.78 is 11.1. The van der Waals surface area contributed by atoms with Crippen LogP contribution in [0.1, 0.15) is 54.3 Å². The number of amides is 2. The molecular weight excluding hydrogens is 456 g/mol. The van der Waals surface area contributed by atoms with Gasteiger partial charge in [0.15, 0.2) is 11.5 Å². The molecule has 35 heavy (non-hydrogen) atoms. The van der Waals surface area contributed by atoms with Gasteiger partial charge in [-0.1, -0.05) is 6.07 Å². The van der Waals surface area contributed by atoms with Crippen LogP contribution in [0, 0.1) is 0 Å². The Balaban J connectivity index is 1.84. The highest BCUT2D eigenvalue weighted by Gasteiger charge is 2.35. The first-order valence-corrected chi connectivity index (χ1v) is 11.2. The molecule has 1 saturated heterocycles. The van der Waals surface area contributed by atoms with E-state index in [1.54, 1.807) is 20.8 Å². The summed E-state index contributed by atoms with van der Waals surface area (Å²) in [5, 5.41) is 32.1. The molecule has 188 valence electrons. The lowest BCUT2D eigenvalue weighted by molar-refractivity contribution is 0.0125. The number of carbonyl (C=O) groups excluding carboxylic acids is 3. The van der Waals surface area contributed by atoms with Crippen LogP contribution >= 0.6 is 0 Å². The van der Waals surface area contributed by atoms with Gasteiger partial charge in [0.05, 0.1) is 6.04 Å². The van der Waals surface area contributed by atoms with Crippen molar-refractivity contribution in [2.24, 2.45) is 0 Å². The van der Waals surface area contributed by atoms with Gasteiger partial charge in [0.1, 0.15) is 23.0 Å². The van der Waals surface area contributed by atoms with Crippen molar-refractivity contribution in [3.8, 4) is 17.2 Å². The SMILES string of the molecule is CC(C)(C)OC(=O)N1CCC[C@@H](OC(=O)c2cccc(O)c2O)[C@H](NC(=O)c2ccc(O)cc2)C1. The summed E-state index contributed by atoms with van der Waals surface area (Å²) in [4.78, 5) is 39.9. The lowest BCUT2D eigenvalue weighted by Crippen LogP contribution is -2.51. The Bertz CT molecular complexity index is 1080. The minimum Gasteiger partial charge on any atom is -0.508 e. The molecule has 10 nitrogen and oxygen atoms in total. The Morgan fingerprint density at radius 3 is 2.37 bits per heavy atom. The Morgan fingerprint density at radius 1 is 1.03 bits per heavy atom. The molecule has 0 aliphatic carbocycles. The first-order valence-electron chi connectivity index (χ1n) is 11.2. The number of rotatable bonds is 4. The molecule has 1 fully saturated rings. The molecule has 2 aromatic rings. The van der Waals surface area contributed by atoms with E-state index in [2.05, 4.69) is 5.32 Å². The van der Waals surface area contributed by atoms with Crippen LogP contribution in [0.15, 0.2) is 42.5 Å². The predicted octanol–water partition coefficient (Wildman–Crippen LogP) is 3.16. The van der Waals surface area contributed by atoms with Gasteiger partial charge in [-0.15, -0.1) is 0 Å². The first kappa shape index (κ1) is 25.7. The Kier molecular flexibility index (Phi) is 7.73. The topological polar surface area (TPSA) is 146 Å². The smallest absolute Gasteiger partial charge is 0.410 e. The second-order valence-corrected chi connectivity index (χ2v) is 9.31. The molecule has 0 bridgehead atoms. The molecule has 2 aromatic carbocycles. The minimum atomic E-state index is -0.877. The van der Waals surface area contributed by atoms with Crippen molar-refractivity contribution >= 4 is 18.0 Å². The number of carbonyl (C=O) groups is 3. The van der Waals surface area contributed by atoms with E-state index in [1.165, 1.54) is 47.4 Å². The summed E-state index contributed by atoms with van der Waals surface area (Å²) in [7, 11) is 0. The molecular formula is C25H30N2O8. The largest absolute Gasteiger partial charge is 0.508 e. The lowest BCUT2D eigenvalue weighted by atomic mass is 10.1. The maximum Gasteiger partial charge on any atom is 0.410 e. The quantitative estimate of drug-likeness (QED) is 0.381. The zero-order valence-electron chi connectivity index (χ0n) is 19.9. The van der Waals surface area contributed by atoms with Crippen molar-refractivity contribution in [2.45, 2.75) is 51.4 Å². The molecule has 0 spiro atoms. The lowest BCUT2D eigenvalue weighted by Gasteiger charge is -2.30. The molecule has 1 aliphatic heterocycles. The van der Waals surface area contributed by atoms with Crippen molar-refractivity contribution < 1.29 is 39.2 Å². The van der Waals surface area contributed by atoms with Crippen molar-refractivity contribution in [1.29, 1.82) is 0 Å². The number of hydrogen-bond donors (Lipinski definition) is 4. The number of esters is 1. The number of phenolic OH excluding ortho intramolecular Hbond substituents is 3. The van der Waals surface area contributed by atoms with Gasteiger partial charge < -0.3 is 35.0 Å². The number of para-hydroxylation sites is 1. The van der Waals surface area contributed by atoms with E-state index in [0.29, 0.717) is 19.4 Å². The molecule has 0 aromatic heterocycles. The van der Waals surface area contributed by atoms with Gasteiger partial charge in [-0.2, -0.15) is 0 Å². The first-order chi connectivity index (χ1) is 16.4.